The summed E-state index contributed by atoms with van der Waals surface area (Å²) >= 11 is 0. The molecule has 0 aromatic carbocycles. The second kappa shape index (κ2) is 7.44. The molecule has 0 bridgehead atoms. The molecule has 6 heteroatoms. The number of aliphatic hydroxyl groups excluding tert-OH is 1. The third kappa shape index (κ3) is 3.81. The summed E-state index contributed by atoms with van der Waals surface area (Å²) in [6.45, 7) is 9.09. The van der Waals surface area contributed by atoms with Crippen LogP contribution in [0.15, 0.2) is 29.6 Å². The van der Waals surface area contributed by atoms with Crippen LogP contribution in [-0.2, 0) is 14.4 Å². The topological polar surface area (TPSA) is 96.2 Å². The minimum Gasteiger partial charge on any atom is -0.511 e. The Morgan fingerprint density at radius 3 is 2.65 bits per heavy atom. The molecule has 0 fully saturated rings. The lowest BCUT2D eigenvalue weighted by Gasteiger charge is -2.45. The number of ketones is 1. The maximum Gasteiger partial charge on any atom is 0.317 e. The summed E-state index contributed by atoms with van der Waals surface area (Å²) in [4.78, 5) is 28.7. The number of aliphatic carboxylic acids is 1. The molecule has 0 aromatic rings. The lowest BCUT2D eigenvalue weighted by atomic mass is 9.57. The highest BCUT2D eigenvalue weighted by molar-refractivity contribution is 5.95. The van der Waals surface area contributed by atoms with E-state index in [9.17, 15) is 19.8 Å². The summed E-state index contributed by atoms with van der Waals surface area (Å²) in [6, 6.07) is 0. The van der Waals surface area contributed by atoms with E-state index < -0.39 is 16.8 Å². The molecular formula is C17H25NO5. The molecular weight excluding hydrogens is 298 g/mol. The van der Waals surface area contributed by atoms with E-state index in [4.69, 9.17) is 4.84 Å². The molecule has 1 aliphatic carbocycles. The highest BCUT2D eigenvalue weighted by atomic mass is 16.6. The highest BCUT2D eigenvalue weighted by Gasteiger charge is 2.57. The number of carbonyl (C=O) groups is 2. The highest BCUT2D eigenvalue weighted by Crippen LogP contribution is 2.52. The van der Waals surface area contributed by atoms with E-state index in [0.29, 0.717) is 18.6 Å². The lowest BCUT2D eigenvalue weighted by Crippen LogP contribution is -2.50. The number of nitrogens with zero attached hydrogens (tertiary/aromatic N) is 1. The number of allylic oxidation sites excluding steroid dienone is 1. The third-order valence-electron chi connectivity index (χ3n) is 4.45. The summed E-state index contributed by atoms with van der Waals surface area (Å²) in [5, 5.41) is 24.0. The zero-order chi connectivity index (χ0) is 17.7. The SMILES string of the molecule is C=CCON=C(CC)CCC1(C(=O)O)C(O)=CC(=O)CC1(C)C. The molecule has 1 aliphatic rings. The molecule has 0 aliphatic heterocycles. The zero-order valence-electron chi connectivity index (χ0n) is 14.0. The van der Waals surface area contributed by atoms with Gasteiger partial charge in [0.05, 0.1) is 5.71 Å². The summed E-state index contributed by atoms with van der Waals surface area (Å²) in [7, 11) is 0. The predicted octanol–water partition coefficient (Wildman–Crippen LogP) is 3.25. The molecule has 0 saturated carbocycles. The first-order valence-electron chi connectivity index (χ1n) is 7.67. The van der Waals surface area contributed by atoms with Crippen LogP contribution >= 0.6 is 0 Å². The van der Waals surface area contributed by atoms with Crippen molar-refractivity contribution in [3.05, 3.63) is 24.5 Å². The Morgan fingerprint density at radius 1 is 1.52 bits per heavy atom. The fourth-order valence-corrected chi connectivity index (χ4v) is 3.03. The number of hydrogen-bond acceptors (Lipinski definition) is 5. The third-order valence-corrected chi connectivity index (χ3v) is 4.45. The number of hydrogen-bond donors (Lipinski definition) is 2. The Balaban J connectivity index is 3.09. The van der Waals surface area contributed by atoms with Gasteiger partial charge in [-0.1, -0.05) is 38.6 Å². The van der Waals surface area contributed by atoms with Crippen molar-refractivity contribution in [2.24, 2.45) is 16.0 Å². The van der Waals surface area contributed by atoms with Gasteiger partial charge in [-0.15, -0.1) is 0 Å². The number of carbonyl (C=O) groups excluding carboxylic acids is 1. The van der Waals surface area contributed by atoms with Crippen LogP contribution in [0.4, 0.5) is 0 Å². The molecule has 23 heavy (non-hydrogen) atoms. The Bertz CT molecular complexity index is 547. The average Bonchev–Trinajstić information content (AvgIpc) is 2.43. The van der Waals surface area contributed by atoms with Gasteiger partial charge in [0.1, 0.15) is 17.8 Å². The summed E-state index contributed by atoms with van der Waals surface area (Å²) < 4.78 is 0. The van der Waals surface area contributed by atoms with Gasteiger partial charge in [-0.3, -0.25) is 9.59 Å². The van der Waals surface area contributed by atoms with Crippen LogP contribution < -0.4 is 0 Å². The maximum atomic E-state index is 12.0. The first-order valence-corrected chi connectivity index (χ1v) is 7.67. The number of carboxylic acid groups (broad SMARTS) is 1. The van der Waals surface area contributed by atoms with Gasteiger partial charge in [0, 0.05) is 12.5 Å². The fraction of sp³-hybridized carbons (Fsp3) is 0.588. The van der Waals surface area contributed by atoms with Gasteiger partial charge in [0.15, 0.2) is 5.78 Å². The first-order chi connectivity index (χ1) is 10.7. The van der Waals surface area contributed by atoms with Crippen molar-refractivity contribution in [3.8, 4) is 0 Å². The Labute approximate surface area is 136 Å². The molecule has 0 heterocycles. The molecule has 128 valence electrons. The Kier molecular flexibility index (Phi) is 6.12. The standard InChI is InChI=1S/C17H25NO5/c1-5-9-23-18-12(6-2)7-8-17(15(21)22)14(20)10-13(19)11-16(17,3)4/h5,10,20H,1,6-9,11H2,2-4H3,(H,21,22). The second-order valence-corrected chi connectivity index (χ2v) is 6.36. The Hall–Kier alpha value is -2.11. The van der Waals surface area contributed by atoms with Crippen molar-refractivity contribution < 1.29 is 24.6 Å². The van der Waals surface area contributed by atoms with E-state index in [0.717, 1.165) is 6.08 Å². The second-order valence-electron chi connectivity index (χ2n) is 6.36. The van der Waals surface area contributed by atoms with Crippen LogP contribution in [0.1, 0.15) is 46.5 Å². The molecule has 1 unspecified atom stereocenters. The van der Waals surface area contributed by atoms with Crippen LogP contribution in [0.25, 0.3) is 0 Å². The Morgan fingerprint density at radius 2 is 2.17 bits per heavy atom. The van der Waals surface area contributed by atoms with Gasteiger partial charge >= 0.3 is 5.97 Å². The molecule has 0 spiro atoms. The molecule has 1 atom stereocenters. The van der Waals surface area contributed by atoms with Gasteiger partial charge in [-0.2, -0.15) is 0 Å². The fourth-order valence-electron chi connectivity index (χ4n) is 3.03. The van der Waals surface area contributed by atoms with Crippen LogP contribution in [0.5, 0.6) is 0 Å². The van der Waals surface area contributed by atoms with Crippen molar-refractivity contribution in [1.82, 2.24) is 0 Å². The van der Waals surface area contributed by atoms with E-state index in [2.05, 4.69) is 11.7 Å². The minimum absolute atomic E-state index is 0.0783. The first kappa shape index (κ1) is 18.9. The van der Waals surface area contributed by atoms with Gasteiger partial charge in [-0.25, -0.2) is 0 Å². The van der Waals surface area contributed by atoms with Crippen LogP contribution in [0.3, 0.4) is 0 Å². The van der Waals surface area contributed by atoms with E-state index >= 15 is 0 Å². The summed E-state index contributed by atoms with van der Waals surface area (Å²) in [5.41, 5.74) is -1.70. The summed E-state index contributed by atoms with van der Waals surface area (Å²) in [5.74, 6) is -1.78. The number of rotatable bonds is 8. The van der Waals surface area contributed by atoms with E-state index in [1.54, 1.807) is 19.9 Å². The molecule has 0 aromatic heterocycles. The van der Waals surface area contributed by atoms with Crippen molar-refractivity contribution in [2.45, 2.75) is 46.5 Å². The molecule has 0 radical (unpaired) electrons. The number of carboxylic acids is 1. The van der Waals surface area contributed by atoms with Crippen molar-refractivity contribution in [1.29, 1.82) is 0 Å². The summed E-state index contributed by atoms with van der Waals surface area (Å²) in [6.07, 6.45) is 3.80. The van der Waals surface area contributed by atoms with Crippen LogP contribution in [-0.4, -0.2) is 34.3 Å². The van der Waals surface area contributed by atoms with Gasteiger partial charge < -0.3 is 15.1 Å². The molecule has 1 rings (SSSR count). The van der Waals surface area contributed by atoms with E-state index in [-0.39, 0.29) is 31.0 Å². The van der Waals surface area contributed by atoms with Gasteiger partial charge in [0.25, 0.3) is 0 Å². The minimum atomic E-state index is -1.50. The number of aliphatic hydroxyl groups is 1. The number of oxime groups is 1. The molecule has 0 amide bonds. The van der Waals surface area contributed by atoms with Crippen LogP contribution in [0.2, 0.25) is 0 Å². The van der Waals surface area contributed by atoms with Gasteiger partial charge in [-0.05, 0) is 24.7 Å². The zero-order valence-corrected chi connectivity index (χ0v) is 14.0. The van der Waals surface area contributed by atoms with Crippen molar-refractivity contribution >= 4 is 17.5 Å². The van der Waals surface area contributed by atoms with E-state index in [1.807, 2.05) is 6.92 Å². The smallest absolute Gasteiger partial charge is 0.317 e. The maximum absolute atomic E-state index is 12.0. The van der Waals surface area contributed by atoms with E-state index in [1.165, 1.54) is 0 Å². The predicted molar refractivity (Wildman–Crippen MR) is 87.3 cm³/mol. The average molecular weight is 323 g/mol. The monoisotopic (exact) mass is 323 g/mol. The lowest BCUT2D eigenvalue weighted by molar-refractivity contribution is -0.158. The quantitative estimate of drug-likeness (QED) is 0.309. The largest absolute Gasteiger partial charge is 0.511 e. The normalized spacial score (nSPS) is 24.0. The molecule has 6 nitrogen and oxygen atoms in total. The molecule has 0 saturated heterocycles. The van der Waals surface area contributed by atoms with Crippen molar-refractivity contribution in [2.75, 3.05) is 6.61 Å². The van der Waals surface area contributed by atoms with Crippen LogP contribution in [0, 0.1) is 10.8 Å². The van der Waals surface area contributed by atoms with Crippen molar-refractivity contribution in [3.63, 3.8) is 0 Å². The molecule has 2 N–H and O–H groups in total. The van der Waals surface area contributed by atoms with Gasteiger partial charge in [0.2, 0.25) is 0 Å².